The van der Waals surface area contributed by atoms with Crippen molar-refractivity contribution in [1.82, 2.24) is 0 Å². The van der Waals surface area contributed by atoms with E-state index in [1.165, 1.54) is 6.92 Å². The third kappa shape index (κ3) is 7.04. The lowest BCUT2D eigenvalue weighted by atomic mass is 9.98. The summed E-state index contributed by atoms with van der Waals surface area (Å²) in [4.78, 5) is 27.9. The van der Waals surface area contributed by atoms with Crippen LogP contribution in [-0.4, -0.2) is 24.8 Å². The van der Waals surface area contributed by atoms with Crippen LogP contribution in [-0.2, 0) is 26.7 Å². The zero-order valence-electron chi connectivity index (χ0n) is 21.7. The second-order valence-electron chi connectivity index (χ2n) is 8.95. The average molecular weight is 618 g/mol. The van der Waals surface area contributed by atoms with E-state index < -0.39 is 64.8 Å². The maximum Gasteiger partial charge on any atom is 0.573 e. The molecule has 1 N–H and O–H groups in total. The van der Waals surface area contributed by atoms with Gasteiger partial charge in [0.05, 0.1) is 29.3 Å². The van der Waals surface area contributed by atoms with Crippen LogP contribution in [0.2, 0.25) is 0 Å². The topological polar surface area (TPSA) is 67.9 Å². The van der Waals surface area contributed by atoms with Gasteiger partial charge in [0.2, 0.25) is 0 Å². The molecule has 0 saturated heterocycles. The van der Waals surface area contributed by atoms with Crippen LogP contribution in [0.4, 0.5) is 50.9 Å². The van der Waals surface area contributed by atoms with Gasteiger partial charge in [0.25, 0.3) is 5.91 Å². The number of rotatable bonds is 7. The molecule has 0 saturated carbocycles. The molecule has 1 amide bonds. The third-order valence-electron chi connectivity index (χ3n) is 6.11. The van der Waals surface area contributed by atoms with Crippen molar-refractivity contribution in [1.29, 1.82) is 0 Å². The minimum absolute atomic E-state index is 0.0371. The summed E-state index contributed by atoms with van der Waals surface area (Å²) in [5.74, 6) is -2.69. The fourth-order valence-electron chi connectivity index (χ4n) is 4.29. The molecule has 0 aliphatic carbocycles. The molecule has 3 aromatic rings. The molecular formula is C28H19F9N2O4. The van der Waals surface area contributed by atoms with E-state index in [0.29, 0.717) is 12.1 Å². The Morgan fingerprint density at radius 2 is 1.30 bits per heavy atom. The second kappa shape index (κ2) is 11.5. The van der Waals surface area contributed by atoms with Crippen molar-refractivity contribution in [2.24, 2.45) is 0 Å². The van der Waals surface area contributed by atoms with Gasteiger partial charge in [-0.25, -0.2) is 4.79 Å². The highest BCUT2D eigenvalue weighted by molar-refractivity contribution is 6.18. The summed E-state index contributed by atoms with van der Waals surface area (Å²) in [5, 5.41) is 2.60. The summed E-state index contributed by atoms with van der Waals surface area (Å²) in [6.45, 7) is 1.26. The molecule has 1 atom stereocenters. The molecule has 1 aliphatic rings. The summed E-state index contributed by atoms with van der Waals surface area (Å²) in [5.41, 5.74) is -3.06. The number of carbonyl (C=O) groups excluding carboxylic acids is 2. The molecule has 3 aromatic carbocycles. The number of esters is 1. The molecule has 1 unspecified atom stereocenters. The van der Waals surface area contributed by atoms with E-state index >= 15 is 0 Å². The highest BCUT2D eigenvalue weighted by Crippen LogP contribution is 2.43. The first kappa shape index (κ1) is 31.3. The number of alkyl halides is 9. The maximum atomic E-state index is 13.8. The molecular weight excluding hydrogens is 599 g/mol. The van der Waals surface area contributed by atoms with Gasteiger partial charge >= 0.3 is 24.7 Å². The lowest BCUT2D eigenvalue weighted by Crippen LogP contribution is -2.32. The van der Waals surface area contributed by atoms with Crippen LogP contribution in [0, 0.1) is 0 Å². The molecule has 1 aliphatic heterocycles. The Bertz CT molecular complexity index is 1510. The number of carbonyl (C=O) groups is 2. The quantitative estimate of drug-likeness (QED) is 0.218. The highest BCUT2D eigenvalue weighted by atomic mass is 19.4. The maximum absolute atomic E-state index is 13.8. The zero-order chi connectivity index (χ0) is 31.7. The number of benzene rings is 3. The van der Waals surface area contributed by atoms with Crippen molar-refractivity contribution in [3.8, 4) is 5.75 Å². The van der Waals surface area contributed by atoms with E-state index in [1.54, 1.807) is 0 Å². The average Bonchev–Trinajstić information content (AvgIpc) is 3.19. The molecule has 0 fully saturated rings. The predicted molar refractivity (Wildman–Crippen MR) is 134 cm³/mol. The molecule has 0 radical (unpaired) electrons. The first-order chi connectivity index (χ1) is 20.0. The van der Waals surface area contributed by atoms with Gasteiger partial charge in [-0.15, -0.1) is 13.2 Å². The van der Waals surface area contributed by atoms with Gasteiger partial charge < -0.3 is 14.8 Å². The van der Waals surface area contributed by atoms with E-state index in [9.17, 15) is 49.1 Å². The van der Waals surface area contributed by atoms with Crippen molar-refractivity contribution >= 4 is 23.3 Å². The van der Waals surface area contributed by atoms with Crippen LogP contribution < -0.4 is 15.0 Å². The number of nitrogens with one attached hydrogen (secondary N) is 1. The van der Waals surface area contributed by atoms with Crippen LogP contribution in [0.5, 0.6) is 5.75 Å². The number of halogens is 9. The molecule has 1 heterocycles. The van der Waals surface area contributed by atoms with Gasteiger partial charge in [0.1, 0.15) is 11.4 Å². The van der Waals surface area contributed by atoms with Gasteiger partial charge in [-0.05, 0) is 73.2 Å². The Balaban J connectivity index is 1.85. The molecule has 228 valence electrons. The van der Waals surface area contributed by atoms with E-state index in [4.69, 9.17) is 4.74 Å². The molecule has 0 bridgehead atoms. The Labute approximate surface area is 237 Å². The SMILES string of the molecule is CCOC(=O)C1=C(Nc2ccc(C(F)(F)F)cc2)C(=O)N(c2ccc(C(F)(F)F)cc2)C1c1ccc(OC(F)(F)F)cc1. The van der Waals surface area contributed by atoms with Crippen LogP contribution in [0.25, 0.3) is 0 Å². The van der Waals surface area contributed by atoms with E-state index in [1.807, 2.05) is 0 Å². The zero-order valence-corrected chi connectivity index (χ0v) is 21.7. The fraction of sp³-hybridized carbons (Fsp3) is 0.214. The summed E-state index contributed by atoms with van der Waals surface area (Å²) in [6.07, 6.45) is -14.4. The molecule has 6 nitrogen and oxygen atoms in total. The monoisotopic (exact) mass is 618 g/mol. The number of anilines is 2. The summed E-state index contributed by atoms with van der Waals surface area (Å²) >= 11 is 0. The molecule has 4 rings (SSSR count). The van der Waals surface area contributed by atoms with Gasteiger partial charge in [-0.1, -0.05) is 12.1 Å². The van der Waals surface area contributed by atoms with Crippen molar-refractivity contribution < 1.29 is 58.6 Å². The smallest absolute Gasteiger partial charge is 0.463 e. The molecule has 15 heteroatoms. The van der Waals surface area contributed by atoms with Crippen molar-refractivity contribution in [2.75, 3.05) is 16.8 Å². The normalized spacial score (nSPS) is 16.0. The second-order valence-corrected chi connectivity index (χ2v) is 8.95. The molecule has 0 aromatic heterocycles. The fourth-order valence-corrected chi connectivity index (χ4v) is 4.29. The lowest BCUT2D eigenvalue weighted by molar-refractivity contribution is -0.274. The summed E-state index contributed by atoms with van der Waals surface area (Å²) < 4.78 is 126. The van der Waals surface area contributed by atoms with Crippen LogP contribution in [0.3, 0.4) is 0 Å². The number of hydrogen-bond donors (Lipinski definition) is 1. The number of amides is 1. The van der Waals surface area contributed by atoms with Gasteiger partial charge in [0.15, 0.2) is 0 Å². The van der Waals surface area contributed by atoms with Crippen molar-refractivity contribution in [3.05, 3.63) is 101 Å². The van der Waals surface area contributed by atoms with Crippen LogP contribution in [0.15, 0.2) is 84.1 Å². The van der Waals surface area contributed by atoms with Crippen molar-refractivity contribution in [3.63, 3.8) is 0 Å². The Morgan fingerprint density at radius 1 is 0.791 bits per heavy atom. The number of nitrogens with zero attached hydrogens (tertiary/aromatic N) is 1. The van der Waals surface area contributed by atoms with E-state index in [0.717, 1.165) is 65.6 Å². The molecule has 43 heavy (non-hydrogen) atoms. The Hall–Kier alpha value is -4.69. The van der Waals surface area contributed by atoms with Gasteiger partial charge in [-0.3, -0.25) is 9.69 Å². The predicted octanol–water partition coefficient (Wildman–Crippen LogP) is 7.64. The standard InChI is InChI=1S/C28H19F9N2O4/c1-2-42-25(41)21-22(38-18-9-5-16(6-10-18)26(29,30)31)24(40)39(19-11-7-17(8-12-19)27(32,33)34)23(21)15-3-13-20(14-4-15)43-28(35,36)37/h3-14,23,38H,2H2,1H3. The number of hydrogen-bond acceptors (Lipinski definition) is 5. The lowest BCUT2D eigenvalue weighted by Gasteiger charge is -2.27. The first-order valence-electron chi connectivity index (χ1n) is 12.2. The Morgan fingerprint density at radius 3 is 1.77 bits per heavy atom. The number of ether oxygens (including phenoxy) is 2. The van der Waals surface area contributed by atoms with Crippen molar-refractivity contribution in [2.45, 2.75) is 31.7 Å². The van der Waals surface area contributed by atoms with Crippen LogP contribution >= 0.6 is 0 Å². The van der Waals surface area contributed by atoms with E-state index in [2.05, 4.69) is 10.1 Å². The van der Waals surface area contributed by atoms with Crippen LogP contribution in [0.1, 0.15) is 29.7 Å². The minimum Gasteiger partial charge on any atom is -0.463 e. The highest BCUT2D eigenvalue weighted by Gasteiger charge is 2.45. The first-order valence-corrected chi connectivity index (χ1v) is 12.2. The minimum atomic E-state index is -5.02. The summed E-state index contributed by atoms with van der Waals surface area (Å²) in [6, 6.07) is 9.29. The van der Waals surface area contributed by atoms with Gasteiger partial charge in [0, 0.05) is 11.4 Å². The third-order valence-corrected chi connectivity index (χ3v) is 6.11. The van der Waals surface area contributed by atoms with E-state index in [-0.39, 0.29) is 23.5 Å². The Kier molecular flexibility index (Phi) is 8.38. The largest absolute Gasteiger partial charge is 0.573 e. The molecule has 0 spiro atoms. The summed E-state index contributed by atoms with van der Waals surface area (Å²) in [7, 11) is 0. The van der Waals surface area contributed by atoms with Gasteiger partial charge in [-0.2, -0.15) is 26.3 Å².